The summed E-state index contributed by atoms with van der Waals surface area (Å²) < 4.78 is 13.6. The summed E-state index contributed by atoms with van der Waals surface area (Å²) in [6, 6.07) is 22.1. The van der Waals surface area contributed by atoms with Crippen LogP contribution in [-0.4, -0.2) is 29.0 Å². The molecule has 0 spiro atoms. The molecule has 6 heteroatoms. The second kappa shape index (κ2) is 9.45. The van der Waals surface area contributed by atoms with E-state index in [1.165, 1.54) is 5.56 Å². The second-order valence-electron chi connectivity index (χ2n) is 6.95. The van der Waals surface area contributed by atoms with Crippen molar-refractivity contribution in [3.8, 4) is 11.5 Å². The van der Waals surface area contributed by atoms with Crippen molar-refractivity contribution in [2.75, 3.05) is 19.5 Å². The van der Waals surface area contributed by atoms with Crippen molar-refractivity contribution < 1.29 is 9.47 Å². The second-order valence-corrected chi connectivity index (χ2v) is 8.45. The third-order valence-corrected chi connectivity index (χ3v) is 5.96. The molecule has 4 aromatic rings. The number of halogens is 1. The third kappa shape index (κ3) is 4.74. The Morgan fingerprint density at radius 3 is 2.60 bits per heavy atom. The van der Waals surface area contributed by atoms with Gasteiger partial charge in [-0.15, -0.1) is 0 Å². The minimum atomic E-state index is 0.564. The molecule has 0 aliphatic carbocycles. The van der Waals surface area contributed by atoms with E-state index in [9.17, 15) is 0 Å². The average Bonchev–Trinajstić information content (AvgIpc) is 3.11. The third-order valence-electron chi connectivity index (χ3n) is 4.76. The molecule has 0 N–H and O–H groups in total. The minimum Gasteiger partial charge on any atom is -0.493 e. The molecule has 0 saturated heterocycles. The van der Waals surface area contributed by atoms with Crippen molar-refractivity contribution in [1.29, 1.82) is 0 Å². The molecule has 1 heterocycles. The monoisotopic (exact) mass is 438 g/mol. The predicted molar refractivity (Wildman–Crippen MR) is 124 cm³/mol. The highest BCUT2D eigenvalue weighted by molar-refractivity contribution is 7.99. The van der Waals surface area contributed by atoms with Gasteiger partial charge in [-0.1, -0.05) is 53.7 Å². The molecule has 0 radical (unpaired) electrons. The Morgan fingerprint density at radius 1 is 1.00 bits per heavy atom. The predicted octanol–water partition coefficient (Wildman–Crippen LogP) is 6.23. The number of fused-ring (bicyclic) bond motifs is 1. The minimum absolute atomic E-state index is 0.564. The van der Waals surface area contributed by atoms with E-state index in [0.717, 1.165) is 50.6 Å². The van der Waals surface area contributed by atoms with Crippen molar-refractivity contribution in [3.63, 3.8) is 0 Å². The zero-order chi connectivity index (χ0) is 20.9. The first-order valence-electron chi connectivity index (χ1n) is 9.74. The largest absolute Gasteiger partial charge is 0.493 e. The van der Waals surface area contributed by atoms with Crippen LogP contribution in [0.2, 0.25) is 5.02 Å². The molecule has 0 unspecified atom stereocenters. The number of thioether (sulfide) groups is 1. The van der Waals surface area contributed by atoms with Crippen molar-refractivity contribution in [1.82, 2.24) is 9.55 Å². The van der Waals surface area contributed by atoms with Crippen molar-refractivity contribution in [2.24, 2.45) is 0 Å². The number of nitrogens with zero attached hydrogens (tertiary/aromatic N) is 2. The van der Waals surface area contributed by atoms with Gasteiger partial charge in [-0.3, -0.25) is 0 Å². The van der Waals surface area contributed by atoms with E-state index in [1.807, 2.05) is 55.5 Å². The molecular formula is C24H23ClN2O2S. The van der Waals surface area contributed by atoms with E-state index in [-0.39, 0.29) is 0 Å². The molecule has 0 saturated carbocycles. The van der Waals surface area contributed by atoms with Gasteiger partial charge < -0.3 is 14.0 Å². The van der Waals surface area contributed by atoms with Crippen LogP contribution in [0, 0.1) is 6.92 Å². The molecule has 0 aliphatic heterocycles. The highest BCUT2D eigenvalue weighted by atomic mass is 35.5. The first-order valence-corrected chi connectivity index (χ1v) is 11.1. The van der Waals surface area contributed by atoms with Gasteiger partial charge in [-0.05, 0) is 54.4 Å². The number of methoxy groups -OCH3 is 1. The highest BCUT2D eigenvalue weighted by Crippen LogP contribution is 2.29. The Bertz CT molecular complexity index is 1140. The van der Waals surface area contributed by atoms with E-state index in [0.29, 0.717) is 6.61 Å². The zero-order valence-corrected chi connectivity index (χ0v) is 18.5. The van der Waals surface area contributed by atoms with Gasteiger partial charge in [0.2, 0.25) is 0 Å². The Kier molecular flexibility index (Phi) is 6.50. The zero-order valence-electron chi connectivity index (χ0n) is 17.0. The number of benzene rings is 3. The molecule has 4 nitrogen and oxygen atoms in total. The summed E-state index contributed by atoms with van der Waals surface area (Å²) in [5.74, 6) is 2.30. The number of aromatic nitrogens is 2. The first-order chi connectivity index (χ1) is 14.6. The number of hydrogen-bond acceptors (Lipinski definition) is 4. The van der Waals surface area contributed by atoms with Crippen LogP contribution in [0.15, 0.2) is 71.9 Å². The maximum atomic E-state index is 6.04. The lowest BCUT2D eigenvalue weighted by Gasteiger charge is -2.12. The number of para-hydroxylation sites is 2. The summed E-state index contributed by atoms with van der Waals surface area (Å²) in [7, 11) is 1.66. The Balaban J connectivity index is 1.48. The van der Waals surface area contributed by atoms with Gasteiger partial charge in [0.15, 0.2) is 16.7 Å². The Labute approximate surface area is 185 Å². The lowest BCUT2D eigenvalue weighted by molar-refractivity contribution is 0.313. The van der Waals surface area contributed by atoms with Gasteiger partial charge in [0.05, 0.1) is 31.3 Å². The van der Waals surface area contributed by atoms with Crippen LogP contribution >= 0.6 is 23.4 Å². The molecule has 0 bridgehead atoms. The lowest BCUT2D eigenvalue weighted by atomic mass is 10.2. The van der Waals surface area contributed by atoms with E-state index < -0.39 is 0 Å². The molecule has 0 fully saturated rings. The average molecular weight is 439 g/mol. The number of aryl methyl sites for hydroxylation is 1. The lowest BCUT2D eigenvalue weighted by Crippen LogP contribution is -2.05. The van der Waals surface area contributed by atoms with Crippen LogP contribution in [-0.2, 0) is 6.54 Å². The van der Waals surface area contributed by atoms with E-state index in [2.05, 4.69) is 22.8 Å². The molecule has 3 aromatic carbocycles. The smallest absolute Gasteiger partial charge is 0.169 e. The quantitative estimate of drug-likeness (QED) is 0.241. The Hall–Kier alpha value is -2.63. The molecule has 0 atom stereocenters. The fourth-order valence-electron chi connectivity index (χ4n) is 3.27. The maximum absolute atomic E-state index is 6.04. The van der Waals surface area contributed by atoms with E-state index in [4.69, 9.17) is 26.1 Å². The summed E-state index contributed by atoms with van der Waals surface area (Å²) in [5.41, 5.74) is 4.45. The first kappa shape index (κ1) is 20.6. The molecule has 154 valence electrons. The maximum Gasteiger partial charge on any atom is 0.169 e. The van der Waals surface area contributed by atoms with Gasteiger partial charge in [-0.2, -0.15) is 0 Å². The summed E-state index contributed by atoms with van der Waals surface area (Å²) in [4.78, 5) is 4.84. The number of hydrogen-bond donors (Lipinski definition) is 0. The molecule has 30 heavy (non-hydrogen) atoms. The summed E-state index contributed by atoms with van der Waals surface area (Å²) >= 11 is 7.73. The number of imidazole rings is 1. The normalized spacial score (nSPS) is 11.0. The fourth-order valence-corrected chi connectivity index (χ4v) is 4.22. The molecule has 4 rings (SSSR count). The molecule has 0 aliphatic rings. The van der Waals surface area contributed by atoms with Gasteiger partial charge in [0, 0.05) is 10.8 Å². The van der Waals surface area contributed by atoms with Crippen molar-refractivity contribution >= 4 is 34.4 Å². The van der Waals surface area contributed by atoms with Crippen LogP contribution < -0.4 is 9.47 Å². The van der Waals surface area contributed by atoms with E-state index >= 15 is 0 Å². The van der Waals surface area contributed by atoms with Crippen LogP contribution in [0.4, 0.5) is 0 Å². The van der Waals surface area contributed by atoms with Crippen LogP contribution in [0.1, 0.15) is 11.1 Å². The van der Waals surface area contributed by atoms with Crippen LogP contribution in [0.25, 0.3) is 11.0 Å². The number of rotatable bonds is 8. The van der Waals surface area contributed by atoms with Crippen LogP contribution in [0.3, 0.4) is 0 Å². The highest BCUT2D eigenvalue weighted by Gasteiger charge is 2.12. The van der Waals surface area contributed by atoms with E-state index in [1.54, 1.807) is 18.9 Å². The Morgan fingerprint density at radius 2 is 1.80 bits per heavy atom. The number of ether oxygens (including phenoxy) is 2. The standard InChI is InChI=1S/C24H23ClN2O2S/c1-17-7-12-22(23(15-17)28-2)29-13-14-30-24-26-20-5-3-4-6-21(20)27(24)16-18-8-10-19(25)11-9-18/h3-12,15H,13-14,16H2,1-2H3. The summed E-state index contributed by atoms with van der Waals surface area (Å²) in [6.45, 7) is 3.34. The SMILES string of the molecule is COc1cc(C)ccc1OCCSc1nc2ccccc2n1Cc1ccc(Cl)cc1. The van der Waals surface area contributed by atoms with Gasteiger partial charge >= 0.3 is 0 Å². The van der Waals surface area contributed by atoms with Crippen molar-refractivity contribution in [3.05, 3.63) is 82.9 Å². The molecular weight excluding hydrogens is 416 g/mol. The van der Waals surface area contributed by atoms with Crippen LogP contribution in [0.5, 0.6) is 11.5 Å². The summed E-state index contributed by atoms with van der Waals surface area (Å²) in [5, 5.41) is 1.72. The molecule has 0 amide bonds. The van der Waals surface area contributed by atoms with Crippen molar-refractivity contribution in [2.45, 2.75) is 18.6 Å². The van der Waals surface area contributed by atoms with Gasteiger partial charge in [0.25, 0.3) is 0 Å². The van der Waals surface area contributed by atoms with Gasteiger partial charge in [0.1, 0.15) is 0 Å². The molecule has 1 aromatic heterocycles. The van der Waals surface area contributed by atoms with Gasteiger partial charge in [-0.25, -0.2) is 4.98 Å². The topological polar surface area (TPSA) is 36.3 Å². The fraction of sp³-hybridized carbons (Fsp3) is 0.208. The summed E-state index contributed by atoms with van der Waals surface area (Å²) in [6.07, 6.45) is 0.